The fourth-order valence-corrected chi connectivity index (χ4v) is 4.81. The van der Waals surface area contributed by atoms with Gasteiger partial charge in [-0.3, -0.25) is 9.59 Å². The molecule has 0 rings (SSSR count). The maximum atomic E-state index is 12.4. The average Bonchev–Trinajstić information content (AvgIpc) is 2.67. The highest BCUT2D eigenvalue weighted by atomic mass is 32.2. The molecule has 0 aliphatic heterocycles. The molecule has 0 radical (unpaired) electrons. The molecule has 35 heavy (non-hydrogen) atoms. The summed E-state index contributed by atoms with van der Waals surface area (Å²) in [4.78, 5) is 50.0. The van der Waals surface area contributed by atoms with Gasteiger partial charge in [0, 0.05) is 49.9 Å². The monoisotopic (exact) mass is 539 g/mol. The predicted molar refractivity (Wildman–Crippen MR) is 144 cm³/mol. The fourth-order valence-electron chi connectivity index (χ4n) is 2.79. The smallest absolute Gasteiger partial charge is 0.330 e. The lowest BCUT2D eigenvalue weighted by Crippen LogP contribution is -2.45. The molecule has 0 aromatic heterocycles. The molecule has 2 amide bonds. The highest BCUT2D eigenvalue weighted by molar-refractivity contribution is 7.99. The Kier molecular flexibility index (Phi) is 15.6. The molecule has 9 nitrogen and oxygen atoms in total. The van der Waals surface area contributed by atoms with Gasteiger partial charge in [-0.25, -0.2) is 9.59 Å². The normalized spacial score (nSPS) is 13.7. The SMILES string of the molecule is CCN([13CH2][13CH2]SC[C@H](NC(C)=O)C(=O)OC(C)(C)C)[13CH2][13CH2]SC[C@H](NC(C)=O)C(=O)OC(C)(C)C. The van der Waals surface area contributed by atoms with E-state index in [1.54, 1.807) is 65.1 Å². The first-order valence-electron chi connectivity index (χ1n) is 11.9. The number of thioether (sulfide) groups is 2. The van der Waals surface area contributed by atoms with Crippen LogP contribution in [0.4, 0.5) is 0 Å². The molecule has 0 aromatic rings. The zero-order chi connectivity index (χ0) is 27.2. The molecule has 0 unspecified atom stereocenters. The molecular weight excluding hydrogens is 494 g/mol. The van der Waals surface area contributed by atoms with Crippen molar-refractivity contribution in [3.8, 4) is 0 Å². The van der Waals surface area contributed by atoms with Gasteiger partial charge < -0.3 is 25.0 Å². The highest BCUT2D eigenvalue weighted by Crippen LogP contribution is 2.14. The molecule has 11 heteroatoms. The summed E-state index contributed by atoms with van der Waals surface area (Å²) in [6.45, 7) is 18.2. The first-order chi connectivity index (χ1) is 16.0. The van der Waals surface area contributed by atoms with Crippen molar-refractivity contribution in [3.05, 3.63) is 0 Å². The van der Waals surface area contributed by atoms with Crippen LogP contribution >= 0.6 is 23.5 Å². The highest BCUT2D eigenvalue weighted by Gasteiger charge is 2.27. The lowest BCUT2D eigenvalue weighted by atomic mass is 10.2. The van der Waals surface area contributed by atoms with Crippen LogP contribution in [0.25, 0.3) is 0 Å². The topological polar surface area (TPSA) is 114 Å². The van der Waals surface area contributed by atoms with E-state index in [1.165, 1.54) is 13.8 Å². The Labute approximate surface area is 219 Å². The summed E-state index contributed by atoms with van der Waals surface area (Å²) in [5.74, 6) is 1.08. The summed E-state index contributed by atoms with van der Waals surface area (Å²) in [6, 6.07) is -1.36. The standard InChI is InChI=1S/C24H45N3O6S2/c1-10-27(11-13-34-15-19(25-17(2)28)21(30)32-23(4,5)6)12-14-35-16-20(26-18(3)29)22(31)33-24(7,8)9/h19-20H,10-16H2,1-9H3,(H,25,28)(H,26,29)/t19-,20-/m0/s1/i11+1,12+1,13+1,14+1. The Bertz CT molecular complexity index is 636. The van der Waals surface area contributed by atoms with Crippen LogP contribution in [0.2, 0.25) is 0 Å². The Morgan fingerprint density at radius 3 is 1.34 bits per heavy atom. The fraction of sp³-hybridized carbons (Fsp3) is 0.833. The number of nitrogens with zero attached hydrogens (tertiary/aromatic N) is 1. The summed E-state index contributed by atoms with van der Waals surface area (Å²) in [5, 5.41) is 5.35. The second kappa shape index (κ2) is 16.3. The van der Waals surface area contributed by atoms with Gasteiger partial charge in [-0.1, -0.05) is 6.92 Å². The molecule has 0 spiro atoms. The van der Waals surface area contributed by atoms with Gasteiger partial charge in [-0.15, -0.1) is 0 Å². The molecule has 0 aliphatic carbocycles. The maximum absolute atomic E-state index is 12.4. The van der Waals surface area contributed by atoms with Gasteiger partial charge in [0.2, 0.25) is 11.8 Å². The number of carbonyl (C=O) groups is 4. The number of nitrogens with one attached hydrogen (secondary N) is 2. The third-order valence-electron chi connectivity index (χ3n) is 4.26. The van der Waals surface area contributed by atoms with Crippen molar-refractivity contribution in [2.24, 2.45) is 0 Å². The molecule has 0 fully saturated rings. The minimum atomic E-state index is -0.680. The lowest BCUT2D eigenvalue weighted by Gasteiger charge is -2.25. The molecular formula is C24H45N3O6S2. The van der Waals surface area contributed by atoms with Crippen molar-refractivity contribution in [2.45, 2.75) is 85.6 Å². The van der Waals surface area contributed by atoms with Crippen LogP contribution in [0.15, 0.2) is 0 Å². The van der Waals surface area contributed by atoms with Gasteiger partial charge in [0.25, 0.3) is 0 Å². The van der Waals surface area contributed by atoms with Crippen LogP contribution in [0.3, 0.4) is 0 Å². The molecule has 0 heterocycles. The van der Waals surface area contributed by atoms with E-state index in [9.17, 15) is 19.2 Å². The van der Waals surface area contributed by atoms with E-state index in [2.05, 4.69) is 22.5 Å². The number of esters is 2. The summed E-state index contributed by atoms with van der Waals surface area (Å²) < 4.78 is 10.8. The van der Waals surface area contributed by atoms with Gasteiger partial charge in [-0.2, -0.15) is 23.5 Å². The van der Waals surface area contributed by atoms with E-state index in [-0.39, 0.29) is 11.8 Å². The maximum Gasteiger partial charge on any atom is 0.330 e. The molecule has 204 valence electrons. The first-order valence-corrected chi connectivity index (χ1v) is 14.2. The molecule has 2 atom stereocenters. The molecule has 2 N–H and O–H groups in total. The number of hydrogen-bond acceptors (Lipinski definition) is 9. The Morgan fingerprint density at radius 1 is 0.743 bits per heavy atom. The van der Waals surface area contributed by atoms with Crippen molar-refractivity contribution >= 4 is 47.3 Å². The number of ether oxygens (including phenoxy) is 2. The van der Waals surface area contributed by atoms with Crippen LogP contribution in [0.5, 0.6) is 0 Å². The van der Waals surface area contributed by atoms with E-state index in [0.29, 0.717) is 11.5 Å². The molecule has 0 saturated heterocycles. The van der Waals surface area contributed by atoms with E-state index in [0.717, 1.165) is 31.1 Å². The zero-order valence-corrected chi connectivity index (χ0v) is 24.5. The van der Waals surface area contributed by atoms with Crippen molar-refractivity contribution in [3.63, 3.8) is 0 Å². The largest absolute Gasteiger partial charge is 0.458 e. The minimum Gasteiger partial charge on any atom is -0.458 e. The zero-order valence-electron chi connectivity index (χ0n) is 22.8. The van der Waals surface area contributed by atoms with E-state index in [4.69, 9.17) is 9.47 Å². The van der Waals surface area contributed by atoms with Gasteiger partial charge in [0.15, 0.2) is 0 Å². The van der Waals surface area contributed by atoms with Gasteiger partial charge in [0.05, 0.1) is 0 Å². The molecule has 0 aliphatic rings. The van der Waals surface area contributed by atoms with Crippen LogP contribution < -0.4 is 10.6 Å². The van der Waals surface area contributed by atoms with E-state index in [1.807, 2.05) is 0 Å². The first kappa shape index (κ1) is 33.5. The third-order valence-corrected chi connectivity index (χ3v) is 6.34. The number of rotatable bonds is 15. The van der Waals surface area contributed by atoms with E-state index < -0.39 is 35.2 Å². The van der Waals surface area contributed by atoms with Crippen molar-refractivity contribution in [1.82, 2.24) is 15.5 Å². The minimum absolute atomic E-state index is 0.266. The molecule has 0 bridgehead atoms. The second-order valence-corrected chi connectivity index (χ2v) is 12.5. The predicted octanol–water partition coefficient (Wildman–Crippen LogP) is 2.47. The average molecular weight is 540 g/mol. The third kappa shape index (κ3) is 18.5. The quantitative estimate of drug-likeness (QED) is 0.184. The van der Waals surface area contributed by atoms with Crippen LogP contribution in [-0.4, -0.2) is 94.6 Å². The number of hydrogen-bond donors (Lipinski definition) is 2. The van der Waals surface area contributed by atoms with Crippen LogP contribution in [-0.2, 0) is 28.7 Å². The summed E-state index contributed by atoms with van der Waals surface area (Å²) in [7, 11) is 0. The number of carbonyl (C=O) groups excluding carboxylic acids is 4. The van der Waals surface area contributed by atoms with Gasteiger partial charge >= 0.3 is 11.9 Å². The summed E-state index contributed by atoms with van der Waals surface area (Å²) >= 11 is 3.18. The Morgan fingerprint density at radius 2 is 1.09 bits per heavy atom. The van der Waals surface area contributed by atoms with Gasteiger partial charge in [0.1, 0.15) is 23.3 Å². The van der Waals surface area contributed by atoms with Crippen molar-refractivity contribution in [2.75, 3.05) is 42.6 Å². The molecule has 0 aromatic carbocycles. The van der Waals surface area contributed by atoms with Crippen molar-refractivity contribution < 1.29 is 28.7 Å². The Balaban J connectivity index is 4.53. The van der Waals surface area contributed by atoms with Gasteiger partial charge in [-0.05, 0) is 48.1 Å². The summed E-state index contributed by atoms with van der Waals surface area (Å²) in [5.41, 5.74) is -1.23. The summed E-state index contributed by atoms with van der Waals surface area (Å²) in [6.07, 6.45) is 0. The number of amides is 2. The molecule has 0 saturated carbocycles. The van der Waals surface area contributed by atoms with Crippen LogP contribution in [0.1, 0.15) is 62.3 Å². The Hall–Kier alpha value is -1.46. The van der Waals surface area contributed by atoms with Crippen molar-refractivity contribution in [1.29, 1.82) is 0 Å². The van der Waals surface area contributed by atoms with E-state index >= 15 is 0 Å². The lowest BCUT2D eigenvalue weighted by molar-refractivity contribution is -0.158. The van der Waals surface area contributed by atoms with Crippen LogP contribution in [0, 0.1) is 0 Å². The second-order valence-electron chi connectivity index (χ2n) is 10.2.